The van der Waals surface area contributed by atoms with Crippen molar-refractivity contribution in [3.05, 3.63) is 29.8 Å². The lowest BCUT2D eigenvalue weighted by atomic mass is 10.1. The molecule has 1 fully saturated rings. The van der Waals surface area contributed by atoms with Crippen LogP contribution in [0.25, 0.3) is 0 Å². The van der Waals surface area contributed by atoms with Crippen LogP contribution in [0.5, 0.6) is 0 Å². The number of hydrogen-bond donors (Lipinski definition) is 0. The van der Waals surface area contributed by atoms with Crippen LogP contribution < -0.4 is 0 Å². The zero-order valence-corrected chi connectivity index (χ0v) is 12.3. The zero-order valence-electron chi connectivity index (χ0n) is 11.4. The second-order valence-electron chi connectivity index (χ2n) is 5.05. The van der Waals surface area contributed by atoms with Crippen molar-refractivity contribution in [3.8, 4) is 0 Å². The molecule has 0 aliphatic carbocycles. The maximum absolute atomic E-state index is 12.1. The number of nitrogens with zero attached hydrogens (tertiary/aromatic N) is 2. The second-order valence-corrected chi connectivity index (χ2v) is 6.62. The molecule has 0 N–H and O–H groups in total. The molecule has 1 unspecified atom stereocenters. The molecular weight excluding hydrogens is 276 g/mol. The SMILES string of the molecule is CCOC1CCCN(C2=NS(=O)(=O)c3ccccc32)C1. The van der Waals surface area contributed by atoms with E-state index in [9.17, 15) is 8.42 Å². The largest absolute Gasteiger partial charge is 0.377 e. The molecule has 1 aromatic carbocycles. The van der Waals surface area contributed by atoms with Crippen molar-refractivity contribution in [3.63, 3.8) is 0 Å². The number of sulfonamides is 1. The number of ether oxygens (including phenoxy) is 1. The van der Waals surface area contributed by atoms with Crippen molar-refractivity contribution >= 4 is 15.9 Å². The van der Waals surface area contributed by atoms with Gasteiger partial charge in [0.25, 0.3) is 10.0 Å². The Hall–Kier alpha value is -1.40. The van der Waals surface area contributed by atoms with E-state index in [-0.39, 0.29) is 6.10 Å². The Balaban J connectivity index is 1.91. The molecule has 2 aliphatic rings. The van der Waals surface area contributed by atoms with Gasteiger partial charge in [-0.05, 0) is 31.9 Å². The predicted molar refractivity (Wildman–Crippen MR) is 76.4 cm³/mol. The molecule has 2 aliphatic heterocycles. The van der Waals surface area contributed by atoms with E-state index >= 15 is 0 Å². The van der Waals surface area contributed by atoms with Crippen LogP contribution in [0.3, 0.4) is 0 Å². The topological polar surface area (TPSA) is 59.0 Å². The number of fused-ring (bicyclic) bond motifs is 1. The van der Waals surface area contributed by atoms with Gasteiger partial charge in [0.1, 0.15) is 4.90 Å². The van der Waals surface area contributed by atoms with E-state index in [2.05, 4.69) is 4.40 Å². The first-order valence-corrected chi connectivity index (χ1v) is 8.37. The van der Waals surface area contributed by atoms with Gasteiger partial charge in [0.05, 0.1) is 6.10 Å². The highest BCUT2D eigenvalue weighted by molar-refractivity contribution is 7.90. The van der Waals surface area contributed by atoms with Crippen molar-refractivity contribution in [2.75, 3.05) is 19.7 Å². The lowest BCUT2D eigenvalue weighted by molar-refractivity contribution is 0.0238. The van der Waals surface area contributed by atoms with Gasteiger partial charge in [-0.15, -0.1) is 4.40 Å². The van der Waals surface area contributed by atoms with Crippen LogP contribution in [-0.4, -0.2) is 45.0 Å². The normalized spacial score (nSPS) is 24.4. The number of rotatable bonds is 2. The van der Waals surface area contributed by atoms with E-state index in [0.717, 1.165) is 19.4 Å². The summed E-state index contributed by atoms with van der Waals surface area (Å²) in [6.07, 6.45) is 2.17. The Labute approximate surface area is 119 Å². The third kappa shape index (κ3) is 2.33. The minimum atomic E-state index is -3.53. The standard InChI is InChI=1S/C14H18N2O3S/c1-2-19-11-6-5-9-16(10-11)14-12-7-3-4-8-13(12)20(17,18)15-14/h3-4,7-8,11H,2,5-6,9-10H2,1H3. The van der Waals surface area contributed by atoms with E-state index in [1.165, 1.54) is 0 Å². The maximum Gasteiger partial charge on any atom is 0.285 e. The maximum atomic E-state index is 12.1. The van der Waals surface area contributed by atoms with Crippen molar-refractivity contribution in [1.82, 2.24) is 4.90 Å². The molecular formula is C14H18N2O3S. The summed E-state index contributed by atoms with van der Waals surface area (Å²) in [5.41, 5.74) is 0.713. The zero-order chi connectivity index (χ0) is 14.2. The fraction of sp³-hybridized carbons (Fsp3) is 0.500. The first kappa shape index (κ1) is 13.6. The van der Waals surface area contributed by atoms with Gasteiger partial charge < -0.3 is 9.64 Å². The van der Waals surface area contributed by atoms with Gasteiger partial charge in [-0.2, -0.15) is 8.42 Å². The molecule has 5 nitrogen and oxygen atoms in total. The summed E-state index contributed by atoms with van der Waals surface area (Å²) in [6.45, 7) is 4.19. The molecule has 6 heteroatoms. The Morgan fingerprint density at radius 3 is 3.00 bits per heavy atom. The molecule has 1 aromatic rings. The number of benzene rings is 1. The van der Waals surface area contributed by atoms with Gasteiger partial charge in [0.15, 0.2) is 5.84 Å². The highest BCUT2D eigenvalue weighted by atomic mass is 32.2. The van der Waals surface area contributed by atoms with Gasteiger partial charge in [0, 0.05) is 25.3 Å². The van der Waals surface area contributed by atoms with E-state index in [4.69, 9.17) is 4.74 Å². The fourth-order valence-electron chi connectivity index (χ4n) is 2.82. The summed E-state index contributed by atoms with van der Waals surface area (Å²) in [5, 5.41) is 0. The second kappa shape index (κ2) is 5.18. The third-order valence-electron chi connectivity index (χ3n) is 3.69. The Kier molecular flexibility index (Phi) is 3.52. The van der Waals surface area contributed by atoms with Gasteiger partial charge >= 0.3 is 0 Å². The molecule has 0 bridgehead atoms. The van der Waals surface area contributed by atoms with E-state index in [0.29, 0.717) is 29.4 Å². The first-order chi connectivity index (χ1) is 9.62. The van der Waals surface area contributed by atoms with Crippen LogP contribution in [0.15, 0.2) is 33.6 Å². The molecule has 0 amide bonds. The van der Waals surface area contributed by atoms with Gasteiger partial charge in [-0.25, -0.2) is 0 Å². The third-order valence-corrected chi connectivity index (χ3v) is 5.02. The van der Waals surface area contributed by atoms with E-state index in [1.54, 1.807) is 12.1 Å². The van der Waals surface area contributed by atoms with E-state index < -0.39 is 10.0 Å². The summed E-state index contributed by atoms with van der Waals surface area (Å²) in [4.78, 5) is 2.35. The molecule has 0 aromatic heterocycles. The number of piperidine rings is 1. The number of amidine groups is 1. The van der Waals surface area contributed by atoms with Crippen LogP contribution in [0, 0.1) is 0 Å². The summed E-state index contributed by atoms with van der Waals surface area (Å²) >= 11 is 0. The van der Waals surface area contributed by atoms with Gasteiger partial charge in [-0.3, -0.25) is 0 Å². The highest BCUT2D eigenvalue weighted by Gasteiger charge is 2.33. The van der Waals surface area contributed by atoms with Crippen LogP contribution >= 0.6 is 0 Å². The molecule has 0 saturated carbocycles. The Bertz CT molecular complexity index is 638. The van der Waals surface area contributed by atoms with Crippen molar-refractivity contribution in [2.45, 2.75) is 30.8 Å². The number of hydrogen-bond acceptors (Lipinski definition) is 4. The highest BCUT2D eigenvalue weighted by Crippen LogP contribution is 2.29. The molecule has 1 saturated heterocycles. The predicted octanol–water partition coefficient (Wildman–Crippen LogP) is 1.64. The Morgan fingerprint density at radius 1 is 1.40 bits per heavy atom. The minimum Gasteiger partial charge on any atom is -0.377 e. The van der Waals surface area contributed by atoms with Crippen LogP contribution in [0.1, 0.15) is 25.3 Å². The number of likely N-dealkylation sites (tertiary alicyclic amines) is 1. The molecule has 2 heterocycles. The van der Waals surface area contributed by atoms with Crippen molar-refractivity contribution < 1.29 is 13.2 Å². The van der Waals surface area contributed by atoms with Gasteiger partial charge in [-0.1, -0.05) is 12.1 Å². The average molecular weight is 294 g/mol. The summed E-state index contributed by atoms with van der Waals surface area (Å²) in [5.74, 6) is 0.574. The molecule has 0 spiro atoms. The Morgan fingerprint density at radius 2 is 2.20 bits per heavy atom. The van der Waals surface area contributed by atoms with Crippen LogP contribution in [0.4, 0.5) is 0 Å². The minimum absolute atomic E-state index is 0.159. The van der Waals surface area contributed by atoms with Crippen LogP contribution in [0.2, 0.25) is 0 Å². The monoisotopic (exact) mass is 294 g/mol. The lowest BCUT2D eigenvalue weighted by Gasteiger charge is -2.33. The van der Waals surface area contributed by atoms with Gasteiger partial charge in [0.2, 0.25) is 0 Å². The van der Waals surface area contributed by atoms with Crippen molar-refractivity contribution in [2.24, 2.45) is 4.40 Å². The smallest absolute Gasteiger partial charge is 0.285 e. The quantitative estimate of drug-likeness (QED) is 0.832. The molecule has 1 atom stereocenters. The van der Waals surface area contributed by atoms with Crippen molar-refractivity contribution in [1.29, 1.82) is 0 Å². The summed E-state index contributed by atoms with van der Waals surface area (Å²) in [7, 11) is -3.53. The van der Waals surface area contributed by atoms with Crippen LogP contribution in [-0.2, 0) is 14.8 Å². The summed E-state index contributed by atoms with van der Waals surface area (Å²) in [6, 6.07) is 7.02. The molecule has 20 heavy (non-hydrogen) atoms. The molecule has 0 radical (unpaired) electrons. The fourth-order valence-corrected chi connectivity index (χ4v) is 4.05. The average Bonchev–Trinajstić information content (AvgIpc) is 2.72. The summed E-state index contributed by atoms with van der Waals surface area (Å²) < 4.78 is 33.8. The first-order valence-electron chi connectivity index (χ1n) is 6.93. The van der Waals surface area contributed by atoms with E-state index in [1.807, 2.05) is 24.0 Å². The molecule has 108 valence electrons. The lowest BCUT2D eigenvalue weighted by Crippen LogP contribution is -2.43. The molecule has 3 rings (SSSR count).